The molecular weight excluding hydrogens is 282 g/mol. The third-order valence-corrected chi connectivity index (χ3v) is 3.81. The van der Waals surface area contributed by atoms with Gasteiger partial charge in [0.05, 0.1) is 11.4 Å². The topological polar surface area (TPSA) is 29.9 Å². The van der Waals surface area contributed by atoms with E-state index >= 15 is 0 Å². The van der Waals surface area contributed by atoms with Crippen molar-refractivity contribution in [2.24, 2.45) is 0 Å². The summed E-state index contributed by atoms with van der Waals surface area (Å²) in [6, 6.07) is 8.23. The average Bonchev–Trinajstić information content (AvgIpc) is 2.91. The van der Waals surface area contributed by atoms with Crippen LogP contribution in [0.3, 0.4) is 0 Å². The fourth-order valence-corrected chi connectivity index (χ4v) is 2.61. The summed E-state index contributed by atoms with van der Waals surface area (Å²) in [5.41, 5.74) is 4.69. The molecule has 0 aliphatic heterocycles. The van der Waals surface area contributed by atoms with Gasteiger partial charge >= 0.3 is 0 Å². The molecule has 0 aliphatic rings. The number of hydrogen-bond acceptors (Lipinski definition) is 2. The lowest BCUT2D eigenvalue weighted by atomic mass is 10.1. The van der Waals surface area contributed by atoms with Gasteiger partial charge in [-0.05, 0) is 55.6 Å². The van der Waals surface area contributed by atoms with Crippen LogP contribution in [0.1, 0.15) is 44.1 Å². The van der Waals surface area contributed by atoms with Gasteiger partial charge in [-0.2, -0.15) is 5.10 Å². The lowest BCUT2D eigenvalue weighted by Crippen LogP contribution is -2.16. The highest BCUT2D eigenvalue weighted by atomic mass is 35.5. The van der Waals surface area contributed by atoms with E-state index in [1.54, 1.807) is 0 Å². The van der Waals surface area contributed by atoms with Crippen molar-refractivity contribution < 1.29 is 0 Å². The molecule has 0 amide bonds. The molecule has 0 bridgehead atoms. The van der Waals surface area contributed by atoms with Crippen molar-refractivity contribution in [3.63, 3.8) is 0 Å². The zero-order valence-electron chi connectivity index (χ0n) is 13.1. The van der Waals surface area contributed by atoms with Gasteiger partial charge in [0.1, 0.15) is 0 Å². The molecule has 2 rings (SSSR count). The van der Waals surface area contributed by atoms with E-state index in [9.17, 15) is 0 Å². The molecule has 0 radical (unpaired) electrons. The first kappa shape index (κ1) is 16.1. The summed E-state index contributed by atoms with van der Waals surface area (Å²) in [4.78, 5) is 0. The van der Waals surface area contributed by atoms with Crippen LogP contribution in [0, 0.1) is 0 Å². The van der Waals surface area contributed by atoms with E-state index in [0.29, 0.717) is 0 Å². The van der Waals surface area contributed by atoms with Crippen molar-refractivity contribution in [2.75, 3.05) is 6.54 Å². The molecule has 0 aliphatic carbocycles. The summed E-state index contributed by atoms with van der Waals surface area (Å²) in [7, 11) is 0. The maximum atomic E-state index is 6.17. The predicted molar refractivity (Wildman–Crippen MR) is 89.3 cm³/mol. The Morgan fingerprint density at radius 3 is 2.62 bits per heavy atom. The van der Waals surface area contributed by atoms with Gasteiger partial charge in [-0.25, -0.2) is 4.68 Å². The first-order valence-electron chi connectivity index (χ1n) is 7.76. The molecule has 3 nitrogen and oxygen atoms in total. The number of aromatic nitrogens is 2. The van der Waals surface area contributed by atoms with Gasteiger partial charge in [0, 0.05) is 17.3 Å². The number of nitrogens with zero attached hydrogens (tertiary/aromatic N) is 2. The van der Waals surface area contributed by atoms with Crippen LogP contribution >= 0.6 is 11.6 Å². The van der Waals surface area contributed by atoms with Crippen molar-refractivity contribution in [1.82, 2.24) is 15.1 Å². The second-order valence-corrected chi connectivity index (χ2v) is 5.63. The van der Waals surface area contributed by atoms with Gasteiger partial charge < -0.3 is 5.32 Å². The zero-order chi connectivity index (χ0) is 15.2. The van der Waals surface area contributed by atoms with E-state index in [2.05, 4.69) is 42.9 Å². The largest absolute Gasteiger partial charge is 0.313 e. The van der Waals surface area contributed by atoms with Gasteiger partial charge in [0.2, 0.25) is 0 Å². The second-order valence-electron chi connectivity index (χ2n) is 5.20. The summed E-state index contributed by atoms with van der Waals surface area (Å²) in [6.45, 7) is 8.29. The Morgan fingerprint density at radius 2 is 1.95 bits per heavy atom. The molecule has 114 valence electrons. The lowest BCUT2D eigenvalue weighted by molar-refractivity contribution is 0.667. The highest BCUT2D eigenvalue weighted by Gasteiger charge is 2.11. The molecule has 0 saturated carbocycles. The third kappa shape index (κ3) is 3.86. The fourth-order valence-electron chi connectivity index (χ4n) is 2.41. The minimum atomic E-state index is 0.771. The van der Waals surface area contributed by atoms with E-state index < -0.39 is 0 Å². The van der Waals surface area contributed by atoms with Crippen molar-refractivity contribution in [2.45, 2.75) is 46.6 Å². The van der Waals surface area contributed by atoms with Gasteiger partial charge in [-0.3, -0.25) is 0 Å². The fraction of sp³-hybridized carbons (Fsp3) is 0.471. The molecule has 1 heterocycles. The molecule has 1 aromatic carbocycles. The molecule has 2 aromatic rings. The van der Waals surface area contributed by atoms with Crippen LogP contribution in [-0.4, -0.2) is 16.3 Å². The Kier molecular flexibility index (Phi) is 5.83. The average molecular weight is 306 g/mol. The van der Waals surface area contributed by atoms with Crippen LogP contribution in [0.15, 0.2) is 24.3 Å². The molecule has 1 N–H and O–H groups in total. The SMILES string of the molecule is CCCNCc1cc(Cl)ccc1-n1nc(CC)cc1CC. The summed E-state index contributed by atoms with van der Waals surface area (Å²) in [5, 5.41) is 8.95. The van der Waals surface area contributed by atoms with Gasteiger partial charge in [0.15, 0.2) is 0 Å². The molecule has 0 fully saturated rings. The predicted octanol–water partition coefficient (Wildman–Crippen LogP) is 4.15. The highest BCUT2D eigenvalue weighted by Crippen LogP contribution is 2.22. The van der Waals surface area contributed by atoms with Crippen LogP contribution in [0.5, 0.6) is 0 Å². The molecule has 4 heteroatoms. The van der Waals surface area contributed by atoms with Crippen LogP contribution in [0.2, 0.25) is 5.02 Å². The van der Waals surface area contributed by atoms with Gasteiger partial charge in [0.25, 0.3) is 0 Å². The number of halogens is 1. The minimum Gasteiger partial charge on any atom is -0.313 e. The standard InChI is InChI=1S/C17H24ClN3/c1-4-9-19-12-13-10-14(18)7-8-17(13)21-16(6-3)11-15(5-2)20-21/h7-8,10-11,19H,4-6,9,12H2,1-3H3. The monoisotopic (exact) mass is 305 g/mol. The molecular formula is C17H24ClN3. The zero-order valence-corrected chi connectivity index (χ0v) is 13.9. The normalized spacial score (nSPS) is 11.0. The van der Waals surface area contributed by atoms with Gasteiger partial charge in [-0.15, -0.1) is 0 Å². The van der Waals surface area contributed by atoms with Crippen LogP contribution < -0.4 is 5.32 Å². The van der Waals surface area contributed by atoms with Crippen LogP contribution in [-0.2, 0) is 19.4 Å². The maximum absolute atomic E-state index is 6.17. The van der Waals surface area contributed by atoms with Crippen molar-refractivity contribution >= 4 is 11.6 Å². The summed E-state index contributed by atoms with van der Waals surface area (Å²) in [6.07, 6.45) is 3.05. The lowest BCUT2D eigenvalue weighted by Gasteiger charge is -2.13. The summed E-state index contributed by atoms with van der Waals surface area (Å²) in [5.74, 6) is 0. The van der Waals surface area contributed by atoms with E-state index in [-0.39, 0.29) is 0 Å². The molecule has 0 unspecified atom stereocenters. The highest BCUT2D eigenvalue weighted by molar-refractivity contribution is 6.30. The van der Waals surface area contributed by atoms with E-state index in [1.807, 2.05) is 12.1 Å². The summed E-state index contributed by atoms with van der Waals surface area (Å²) < 4.78 is 2.07. The first-order valence-corrected chi connectivity index (χ1v) is 8.14. The van der Waals surface area contributed by atoms with E-state index in [1.165, 1.54) is 11.3 Å². The minimum absolute atomic E-state index is 0.771. The van der Waals surface area contributed by atoms with Crippen molar-refractivity contribution in [1.29, 1.82) is 0 Å². The Bertz CT molecular complexity index is 590. The van der Waals surface area contributed by atoms with E-state index in [0.717, 1.165) is 48.8 Å². The number of hydrogen-bond donors (Lipinski definition) is 1. The van der Waals surface area contributed by atoms with Crippen LogP contribution in [0.4, 0.5) is 0 Å². The Labute approximate surface area is 132 Å². The molecule has 0 atom stereocenters. The van der Waals surface area contributed by atoms with Crippen molar-refractivity contribution in [3.8, 4) is 5.69 Å². The molecule has 0 saturated heterocycles. The smallest absolute Gasteiger partial charge is 0.0694 e. The molecule has 21 heavy (non-hydrogen) atoms. The van der Waals surface area contributed by atoms with Crippen molar-refractivity contribution in [3.05, 3.63) is 46.2 Å². The Hall–Kier alpha value is -1.32. The number of benzene rings is 1. The Balaban J connectivity index is 2.40. The number of rotatable bonds is 7. The summed E-state index contributed by atoms with van der Waals surface area (Å²) >= 11 is 6.17. The number of nitrogens with one attached hydrogen (secondary N) is 1. The Morgan fingerprint density at radius 1 is 1.14 bits per heavy atom. The maximum Gasteiger partial charge on any atom is 0.0694 e. The van der Waals surface area contributed by atoms with Crippen LogP contribution in [0.25, 0.3) is 5.69 Å². The quantitative estimate of drug-likeness (QED) is 0.779. The second kappa shape index (κ2) is 7.62. The van der Waals surface area contributed by atoms with Gasteiger partial charge in [-0.1, -0.05) is 32.4 Å². The molecule has 1 aromatic heterocycles. The third-order valence-electron chi connectivity index (χ3n) is 3.57. The molecule has 0 spiro atoms. The van der Waals surface area contributed by atoms with E-state index in [4.69, 9.17) is 16.7 Å². The number of aryl methyl sites for hydroxylation is 2. The first-order chi connectivity index (χ1) is 10.2.